The van der Waals surface area contributed by atoms with Crippen LogP contribution in [0.2, 0.25) is 10.0 Å². The average molecular weight is 402 g/mol. The first-order valence-corrected chi connectivity index (χ1v) is 10.0. The molecule has 0 spiro atoms. The largest absolute Gasteiger partial charge is 0.492 e. The molecule has 0 aliphatic carbocycles. The highest BCUT2D eigenvalue weighted by atomic mass is 35.5. The lowest BCUT2D eigenvalue weighted by Crippen LogP contribution is -2.28. The SMILES string of the molecule is CC(C)(C)c1ccccc1OCCNS(=O)(=O)c1cc(Cl)ccc1Cl. The second-order valence-corrected chi connectivity index (χ2v) is 9.15. The number of nitrogens with one attached hydrogen (secondary N) is 1. The summed E-state index contributed by atoms with van der Waals surface area (Å²) in [7, 11) is -3.75. The number of sulfonamides is 1. The van der Waals surface area contributed by atoms with E-state index in [0.29, 0.717) is 5.02 Å². The lowest BCUT2D eigenvalue weighted by molar-refractivity contribution is 0.314. The van der Waals surface area contributed by atoms with E-state index < -0.39 is 10.0 Å². The van der Waals surface area contributed by atoms with Gasteiger partial charge in [0.2, 0.25) is 10.0 Å². The summed E-state index contributed by atoms with van der Waals surface area (Å²) < 4.78 is 32.9. The summed E-state index contributed by atoms with van der Waals surface area (Å²) in [6.45, 7) is 6.60. The summed E-state index contributed by atoms with van der Waals surface area (Å²) in [6, 6.07) is 12.0. The summed E-state index contributed by atoms with van der Waals surface area (Å²) in [5.74, 6) is 0.745. The molecule has 25 heavy (non-hydrogen) atoms. The van der Waals surface area contributed by atoms with Crippen LogP contribution in [0.5, 0.6) is 5.75 Å². The highest BCUT2D eigenvalue weighted by Crippen LogP contribution is 2.31. The van der Waals surface area contributed by atoms with Crippen LogP contribution >= 0.6 is 23.2 Å². The minimum atomic E-state index is -3.75. The van der Waals surface area contributed by atoms with Crippen LogP contribution in [0, 0.1) is 0 Å². The Balaban J connectivity index is 2.01. The Kier molecular flexibility index (Phi) is 6.38. The monoisotopic (exact) mass is 401 g/mol. The first-order chi connectivity index (χ1) is 11.6. The molecule has 136 valence electrons. The van der Waals surface area contributed by atoms with E-state index in [-0.39, 0.29) is 28.5 Å². The Morgan fingerprint density at radius 1 is 1.08 bits per heavy atom. The number of hydrogen-bond donors (Lipinski definition) is 1. The quantitative estimate of drug-likeness (QED) is 0.716. The summed E-state index contributed by atoms with van der Waals surface area (Å²) in [5, 5.41) is 0.427. The minimum absolute atomic E-state index is 0.0447. The number of ether oxygens (including phenoxy) is 1. The third-order valence-electron chi connectivity index (χ3n) is 3.53. The maximum Gasteiger partial charge on any atom is 0.242 e. The van der Waals surface area contributed by atoms with Gasteiger partial charge in [0.15, 0.2) is 0 Å². The number of hydrogen-bond acceptors (Lipinski definition) is 3. The van der Waals surface area contributed by atoms with Gasteiger partial charge in [-0.2, -0.15) is 0 Å². The van der Waals surface area contributed by atoms with Crippen molar-refractivity contribution < 1.29 is 13.2 Å². The zero-order valence-electron chi connectivity index (χ0n) is 14.3. The van der Waals surface area contributed by atoms with Crippen LogP contribution in [0.25, 0.3) is 0 Å². The van der Waals surface area contributed by atoms with Gasteiger partial charge in [-0.05, 0) is 35.2 Å². The van der Waals surface area contributed by atoms with Gasteiger partial charge in [0.25, 0.3) is 0 Å². The maximum atomic E-state index is 12.3. The maximum absolute atomic E-state index is 12.3. The summed E-state index contributed by atoms with van der Waals surface area (Å²) in [5.41, 5.74) is 1.00. The normalized spacial score (nSPS) is 12.2. The fourth-order valence-electron chi connectivity index (χ4n) is 2.31. The number of benzene rings is 2. The van der Waals surface area contributed by atoms with Crippen LogP contribution in [0.3, 0.4) is 0 Å². The molecule has 0 heterocycles. The molecule has 0 aliphatic heterocycles. The van der Waals surface area contributed by atoms with Crippen LogP contribution in [-0.4, -0.2) is 21.6 Å². The fraction of sp³-hybridized carbons (Fsp3) is 0.333. The van der Waals surface area contributed by atoms with E-state index in [1.54, 1.807) is 0 Å². The standard InChI is InChI=1S/C18H21Cl2NO3S/c1-18(2,3)14-6-4-5-7-16(14)24-11-10-21-25(22,23)17-12-13(19)8-9-15(17)20/h4-9,12,21H,10-11H2,1-3H3. The van der Waals surface area contributed by atoms with E-state index in [0.717, 1.165) is 11.3 Å². The van der Waals surface area contributed by atoms with E-state index in [2.05, 4.69) is 25.5 Å². The molecule has 0 atom stereocenters. The van der Waals surface area contributed by atoms with Gasteiger partial charge in [0.1, 0.15) is 17.3 Å². The van der Waals surface area contributed by atoms with Crippen LogP contribution in [0.15, 0.2) is 47.4 Å². The van der Waals surface area contributed by atoms with E-state index in [4.69, 9.17) is 27.9 Å². The van der Waals surface area contributed by atoms with E-state index in [1.165, 1.54) is 18.2 Å². The van der Waals surface area contributed by atoms with Crippen molar-refractivity contribution in [1.82, 2.24) is 4.72 Å². The molecule has 0 saturated heterocycles. The van der Waals surface area contributed by atoms with Gasteiger partial charge in [-0.3, -0.25) is 0 Å². The van der Waals surface area contributed by atoms with Crippen molar-refractivity contribution in [2.24, 2.45) is 0 Å². The van der Waals surface area contributed by atoms with E-state index in [1.807, 2.05) is 24.3 Å². The van der Waals surface area contributed by atoms with Crippen molar-refractivity contribution in [2.45, 2.75) is 31.1 Å². The van der Waals surface area contributed by atoms with Crippen molar-refractivity contribution >= 4 is 33.2 Å². The van der Waals surface area contributed by atoms with E-state index in [9.17, 15) is 8.42 Å². The molecule has 2 aromatic carbocycles. The molecule has 0 amide bonds. The molecular formula is C18H21Cl2NO3S. The Bertz CT molecular complexity index is 846. The first kappa shape index (κ1) is 20.0. The van der Waals surface area contributed by atoms with Crippen molar-refractivity contribution in [1.29, 1.82) is 0 Å². The van der Waals surface area contributed by atoms with E-state index >= 15 is 0 Å². The Morgan fingerprint density at radius 2 is 1.76 bits per heavy atom. The van der Waals surface area contributed by atoms with Crippen molar-refractivity contribution in [3.8, 4) is 5.75 Å². The summed E-state index contributed by atoms with van der Waals surface area (Å²) in [6.07, 6.45) is 0. The van der Waals surface area contributed by atoms with Crippen molar-refractivity contribution in [3.63, 3.8) is 0 Å². The van der Waals surface area contributed by atoms with Crippen LogP contribution < -0.4 is 9.46 Å². The van der Waals surface area contributed by atoms with Gasteiger partial charge in [0, 0.05) is 11.6 Å². The molecule has 0 aromatic heterocycles. The van der Waals surface area contributed by atoms with Gasteiger partial charge in [-0.1, -0.05) is 62.2 Å². The predicted molar refractivity (Wildman–Crippen MR) is 102 cm³/mol. The number of para-hydroxylation sites is 1. The number of halogens is 2. The molecule has 0 saturated carbocycles. The molecule has 1 N–H and O–H groups in total. The van der Waals surface area contributed by atoms with Crippen molar-refractivity contribution in [2.75, 3.05) is 13.2 Å². The fourth-order valence-corrected chi connectivity index (χ4v) is 4.08. The minimum Gasteiger partial charge on any atom is -0.492 e. The zero-order valence-corrected chi connectivity index (χ0v) is 16.7. The molecule has 4 nitrogen and oxygen atoms in total. The zero-order chi connectivity index (χ0) is 18.7. The molecule has 0 radical (unpaired) electrons. The number of rotatable bonds is 6. The molecule has 2 rings (SSSR count). The average Bonchev–Trinajstić information content (AvgIpc) is 2.53. The molecular weight excluding hydrogens is 381 g/mol. The highest BCUT2D eigenvalue weighted by molar-refractivity contribution is 7.89. The molecule has 0 unspecified atom stereocenters. The van der Waals surface area contributed by atoms with Gasteiger partial charge in [-0.25, -0.2) is 13.1 Å². The highest BCUT2D eigenvalue weighted by Gasteiger charge is 2.20. The van der Waals surface area contributed by atoms with Crippen LogP contribution in [-0.2, 0) is 15.4 Å². The predicted octanol–water partition coefficient (Wildman–Crippen LogP) is 4.65. The summed E-state index contributed by atoms with van der Waals surface area (Å²) in [4.78, 5) is -0.0447. The topological polar surface area (TPSA) is 55.4 Å². The van der Waals surface area contributed by atoms with Crippen LogP contribution in [0.4, 0.5) is 0 Å². The Hall–Kier alpha value is -1.27. The van der Waals surface area contributed by atoms with Gasteiger partial charge in [-0.15, -0.1) is 0 Å². The Morgan fingerprint density at radius 3 is 2.44 bits per heavy atom. The second-order valence-electron chi connectivity index (χ2n) is 6.57. The summed E-state index contributed by atoms with van der Waals surface area (Å²) >= 11 is 11.8. The molecule has 0 aliphatic rings. The van der Waals surface area contributed by atoms with Gasteiger partial charge < -0.3 is 4.74 Å². The van der Waals surface area contributed by atoms with Gasteiger partial charge >= 0.3 is 0 Å². The van der Waals surface area contributed by atoms with Gasteiger partial charge in [0.05, 0.1) is 5.02 Å². The van der Waals surface area contributed by atoms with Crippen molar-refractivity contribution in [3.05, 3.63) is 58.1 Å². The first-order valence-electron chi connectivity index (χ1n) is 7.78. The van der Waals surface area contributed by atoms with Crippen LogP contribution in [0.1, 0.15) is 26.3 Å². The lowest BCUT2D eigenvalue weighted by Gasteiger charge is -2.22. The molecule has 0 fully saturated rings. The smallest absolute Gasteiger partial charge is 0.242 e. The second kappa shape index (κ2) is 7.96. The third kappa shape index (κ3) is 5.35. The molecule has 7 heteroatoms. The lowest BCUT2D eigenvalue weighted by atomic mass is 9.86. The third-order valence-corrected chi connectivity index (χ3v) is 5.71. The molecule has 0 bridgehead atoms. The Labute approximate surface area is 159 Å². The molecule has 2 aromatic rings.